The van der Waals surface area contributed by atoms with Crippen LogP contribution in [0.15, 0.2) is 52.2 Å². The first kappa shape index (κ1) is 17.7. The fourth-order valence-electron chi connectivity index (χ4n) is 2.12. The Morgan fingerprint density at radius 1 is 1.31 bits per heavy atom. The molecule has 26 heavy (non-hydrogen) atoms. The molecular weight excluding hydrogens is 358 g/mol. The third-order valence-corrected chi connectivity index (χ3v) is 4.24. The zero-order chi connectivity index (χ0) is 18.4. The molecule has 1 aromatic carbocycles. The highest BCUT2D eigenvalue weighted by atomic mass is 32.2. The summed E-state index contributed by atoms with van der Waals surface area (Å²) >= 11 is 1.20. The molecule has 1 N–H and O–H groups in total. The number of carbonyl (C=O) groups is 2. The molecule has 0 spiro atoms. The molecule has 1 amide bonds. The van der Waals surface area contributed by atoms with E-state index in [0.717, 1.165) is 0 Å². The number of carbonyl (C=O) groups excluding carboxylic acids is 2. The van der Waals surface area contributed by atoms with Gasteiger partial charge in [-0.3, -0.25) is 4.79 Å². The number of tetrazole rings is 1. The molecule has 0 radical (unpaired) electrons. The number of aromatic nitrogens is 4. The number of ether oxygens (including phenoxy) is 1. The lowest BCUT2D eigenvalue weighted by Gasteiger charge is -2.06. The van der Waals surface area contributed by atoms with Crippen molar-refractivity contribution in [2.24, 2.45) is 0 Å². The minimum atomic E-state index is -0.465. The Morgan fingerprint density at radius 2 is 2.19 bits per heavy atom. The smallest absolute Gasteiger partial charge is 0.337 e. The number of furan rings is 1. The Hall–Kier alpha value is -3.14. The van der Waals surface area contributed by atoms with Crippen molar-refractivity contribution < 1.29 is 18.7 Å². The number of rotatable bonds is 7. The van der Waals surface area contributed by atoms with Crippen LogP contribution in [0.3, 0.4) is 0 Å². The first-order valence-corrected chi connectivity index (χ1v) is 8.54. The summed E-state index contributed by atoms with van der Waals surface area (Å²) < 4.78 is 11.5. The van der Waals surface area contributed by atoms with E-state index in [0.29, 0.717) is 28.7 Å². The fraction of sp³-hybridized carbons (Fsp3) is 0.188. The van der Waals surface area contributed by atoms with Gasteiger partial charge >= 0.3 is 5.97 Å². The number of amides is 1. The van der Waals surface area contributed by atoms with Crippen molar-refractivity contribution in [2.75, 3.05) is 18.2 Å². The van der Waals surface area contributed by atoms with Crippen LogP contribution in [0.1, 0.15) is 16.1 Å². The number of esters is 1. The van der Waals surface area contributed by atoms with E-state index in [2.05, 4.69) is 25.6 Å². The molecule has 134 valence electrons. The molecule has 0 aliphatic heterocycles. The van der Waals surface area contributed by atoms with Crippen molar-refractivity contribution in [3.05, 3.63) is 54.0 Å². The average Bonchev–Trinajstić information content (AvgIpc) is 3.32. The summed E-state index contributed by atoms with van der Waals surface area (Å²) in [5.41, 5.74) is 0.869. The molecule has 3 rings (SSSR count). The summed E-state index contributed by atoms with van der Waals surface area (Å²) in [6, 6.07) is 10.1. The number of hydrogen-bond donors (Lipinski definition) is 1. The van der Waals surface area contributed by atoms with Gasteiger partial charge in [0.1, 0.15) is 12.3 Å². The predicted molar refractivity (Wildman–Crippen MR) is 92.8 cm³/mol. The standard InChI is InChI=1S/C16H15N5O4S/c1-24-15(23)11-4-2-5-12(8-11)17-14(22)10-26-16-18-19-20-21(16)9-13-6-3-7-25-13/h2-8H,9-10H2,1H3,(H,17,22). The third-order valence-electron chi connectivity index (χ3n) is 3.28. The van der Waals surface area contributed by atoms with Crippen LogP contribution in [-0.2, 0) is 16.1 Å². The molecule has 0 atom stereocenters. The zero-order valence-corrected chi connectivity index (χ0v) is 14.6. The molecule has 10 heteroatoms. The van der Waals surface area contributed by atoms with Gasteiger partial charge in [-0.2, -0.15) is 0 Å². The topological polar surface area (TPSA) is 112 Å². The largest absolute Gasteiger partial charge is 0.467 e. The average molecular weight is 373 g/mol. The summed E-state index contributed by atoms with van der Waals surface area (Å²) in [6.45, 7) is 0.380. The summed E-state index contributed by atoms with van der Waals surface area (Å²) in [4.78, 5) is 23.7. The molecule has 0 bridgehead atoms. The fourth-order valence-corrected chi connectivity index (χ4v) is 2.79. The van der Waals surface area contributed by atoms with E-state index in [-0.39, 0.29) is 11.7 Å². The number of nitrogens with one attached hydrogen (secondary N) is 1. The van der Waals surface area contributed by atoms with Crippen molar-refractivity contribution in [3.8, 4) is 0 Å². The van der Waals surface area contributed by atoms with Gasteiger partial charge in [0, 0.05) is 5.69 Å². The second kappa shape index (κ2) is 8.30. The van der Waals surface area contributed by atoms with Crippen molar-refractivity contribution in [1.82, 2.24) is 20.2 Å². The van der Waals surface area contributed by atoms with Crippen LogP contribution < -0.4 is 5.32 Å². The maximum absolute atomic E-state index is 12.1. The summed E-state index contributed by atoms with van der Waals surface area (Å²) in [7, 11) is 1.30. The number of thioether (sulfide) groups is 1. The molecule has 9 nitrogen and oxygen atoms in total. The van der Waals surface area contributed by atoms with Gasteiger partial charge in [0.2, 0.25) is 11.1 Å². The van der Waals surface area contributed by atoms with Gasteiger partial charge in [0.05, 0.1) is 24.7 Å². The Morgan fingerprint density at radius 3 is 2.96 bits per heavy atom. The second-order valence-electron chi connectivity index (χ2n) is 5.11. The van der Waals surface area contributed by atoms with Gasteiger partial charge in [-0.05, 0) is 40.8 Å². The van der Waals surface area contributed by atoms with Crippen molar-refractivity contribution in [3.63, 3.8) is 0 Å². The van der Waals surface area contributed by atoms with E-state index in [9.17, 15) is 9.59 Å². The van der Waals surface area contributed by atoms with Crippen molar-refractivity contribution in [1.29, 1.82) is 0 Å². The maximum atomic E-state index is 12.1. The van der Waals surface area contributed by atoms with Gasteiger partial charge in [-0.15, -0.1) is 5.10 Å². The molecule has 0 aliphatic rings. The maximum Gasteiger partial charge on any atom is 0.337 e. The third kappa shape index (κ3) is 4.48. The molecule has 2 heterocycles. The minimum Gasteiger partial charge on any atom is -0.467 e. The molecule has 0 unspecified atom stereocenters. The highest BCUT2D eigenvalue weighted by Gasteiger charge is 2.12. The first-order chi connectivity index (χ1) is 12.7. The normalized spacial score (nSPS) is 10.5. The zero-order valence-electron chi connectivity index (χ0n) is 13.8. The second-order valence-corrected chi connectivity index (χ2v) is 6.05. The highest BCUT2D eigenvalue weighted by molar-refractivity contribution is 7.99. The molecular formula is C16H15N5O4S. The Balaban J connectivity index is 1.57. The number of benzene rings is 1. The van der Waals surface area contributed by atoms with Crippen LogP contribution in [0.4, 0.5) is 5.69 Å². The summed E-state index contributed by atoms with van der Waals surface area (Å²) in [5.74, 6) is 0.112. The van der Waals surface area contributed by atoms with E-state index in [1.807, 2.05) is 6.07 Å². The Labute approximate surface area is 152 Å². The number of methoxy groups -OCH3 is 1. The Bertz CT molecular complexity index is 894. The van der Waals surface area contributed by atoms with Crippen LogP contribution in [0.5, 0.6) is 0 Å². The van der Waals surface area contributed by atoms with Crippen LogP contribution in [-0.4, -0.2) is 44.9 Å². The van der Waals surface area contributed by atoms with Gasteiger partial charge in [-0.1, -0.05) is 17.8 Å². The van der Waals surface area contributed by atoms with Crippen LogP contribution in [0.25, 0.3) is 0 Å². The molecule has 0 fully saturated rings. The van der Waals surface area contributed by atoms with Crippen LogP contribution in [0, 0.1) is 0 Å². The number of hydrogen-bond acceptors (Lipinski definition) is 8. The number of anilines is 1. The lowest BCUT2D eigenvalue weighted by Crippen LogP contribution is -2.15. The molecule has 0 saturated heterocycles. The van der Waals surface area contributed by atoms with Crippen molar-refractivity contribution in [2.45, 2.75) is 11.7 Å². The van der Waals surface area contributed by atoms with Crippen LogP contribution in [0.2, 0.25) is 0 Å². The molecule has 3 aromatic rings. The SMILES string of the molecule is COC(=O)c1cccc(NC(=O)CSc2nnnn2Cc2ccco2)c1. The molecule has 0 aliphatic carbocycles. The minimum absolute atomic E-state index is 0.112. The van der Waals surface area contributed by atoms with Gasteiger partial charge < -0.3 is 14.5 Å². The van der Waals surface area contributed by atoms with E-state index >= 15 is 0 Å². The summed E-state index contributed by atoms with van der Waals surface area (Å²) in [6.07, 6.45) is 1.57. The van der Waals surface area contributed by atoms with E-state index in [1.165, 1.54) is 18.9 Å². The van der Waals surface area contributed by atoms with E-state index in [1.54, 1.807) is 41.3 Å². The van der Waals surface area contributed by atoms with E-state index < -0.39 is 5.97 Å². The lowest BCUT2D eigenvalue weighted by atomic mass is 10.2. The van der Waals surface area contributed by atoms with Crippen molar-refractivity contribution >= 4 is 29.3 Å². The van der Waals surface area contributed by atoms with Gasteiger partial charge in [0.25, 0.3) is 0 Å². The monoisotopic (exact) mass is 373 g/mol. The highest BCUT2D eigenvalue weighted by Crippen LogP contribution is 2.17. The first-order valence-electron chi connectivity index (χ1n) is 7.55. The predicted octanol–water partition coefficient (Wildman–Crippen LogP) is 1.83. The number of nitrogens with zero attached hydrogens (tertiary/aromatic N) is 4. The molecule has 2 aromatic heterocycles. The lowest BCUT2D eigenvalue weighted by molar-refractivity contribution is -0.113. The van der Waals surface area contributed by atoms with Crippen LogP contribution >= 0.6 is 11.8 Å². The van der Waals surface area contributed by atoms with Gasteiger partial charge in [-0.25, -0.2) is 9.48 Å². The van der Waals surface area contributed by atoms with Gasteiger partial charge in [0.15, 0.2) is 0 Å². The summed E-state index contributed by atoms with van der Waals surface area (Å²) in [5, 5.41) is 14.6. The molecule has 0 saturated carbocycles. The Kier molecular flexibility index (Phi) is 5.64. The quantitative estimate of drug-likeness (QED) is 0.493. The van der Waals surface area contributed by atoms with E-state index in [4.69, 9.17) is 4.42 Å².